The Labute approximate surface area is 145 Å². The number of hydrogen-bond donors (Lipinski definition) is 1. The number of hydrogen-bond acceptors (Lipinski definition) is 4. The lowest BCUT2D eigenvalue weighted by Crippen LogP contribution is -2.10. The first-order valence-electron chi connectivity index (χ1n) is 7.19. The Balaban J connectivity index is 2.06. The molecule has 130 valence electrons. The van der Waals surface area contributed by atoms with Crippen molar-refractivity contribution < 1.29 is 13.2 Å². The lowest BCUT2D eigenvalue weighted by molar-refractivity contribution is -0.137. The van der Waals surface area contributed by atoms with Crippen LogP contribution in [0.3, 0.4) is 0 Å². The lowest BCUT2D eigenvalue weighted by atomic mass is 10.1. The van der Waals surface area contributed by atoms with Crippen LogP contribution in [0.2, 0.25) is 0 Å². The molecule has 0 fully saturated rings. The second-order valence-electron chi connectivity index (χ2n) is 5.31. The summed E-state index contributed by atoms with van der Waals surface area (Å²) in [5.74, 6) is 0.260. The highest BCUT2D eigenvalue weighted by Crippen LogP contribution is 2.31. The van der Waals surface area contributed by atoms with Crippen LogP contribution in [0.4, 0.5) is 13.2 Å². The van der Waals surface area contributed by atoms with Crippen LogP contribution in [0.15, 0.2) is 35.4 Å². The first-order valence-corrected chi connectivity index (χ1v) is 7.60. The maximum atomic E-state index is 13.1. The Bertz CT molecular complexity index is 995. The predicted molar refractivity (Wildman–Crippen MR) is 88.4 cm³/mol. The predicted octanol–water partition coefficient (Wildman–Crippen LogP) is 3.64. The van der Waals surface area contributed by atoms with E-state index in [-0.39, 0.29) is 16.3 Å². The first kappa shape index (κ1) is 17.1. The maximum absolute atomic E-state index is 13.1. The van der Waals surface area contributed by atoms with Gasteiger partial charge in [-0.15, -0.1) is 5.10 Å². The SMILES string of the molecule is Cc1cc(C)n(-c2n[nH]c(=S)n2/N=C\c2ccccc2C(F)(F)F)n1. The molecule has 1 N–H and O–H groups in total. The Kier molecular flexibility index (Phi) is 4.29. The Hall–Kier alpha value is -2.75. The van der Waals surface area contributed by atoms with E-state index in [0.29, 0.717) is 0 Å². The molecule has 0 aliphatic carbocycles. The lowest BCUT2D eigenvalue weighted by Gasteiger charge is -2.09. The van der Waals surface area contributed by atoms with Gasteiger partial charge >= 0.3 is 6.18 Å². The number of nitrogens with zero attached hydrogens (tertiary/aromatic N) is 5. The average Bonchev–Trinajstić information content (AvgIpc) is 3.06. The van der Waals surface area contributed by atoms with E-state index in [1.807, 2.05) is 19.9 Å². The van der Waals surface area contributed by atoms with Crippen LogP contribution in [0.25, 0.3) is 5.95 Å². The summed E-state index contributed by atoms with van der Waals surface area (Å²) in [6.45, 7) is 3.64. The molecule has 0 saturated carbocycles. The molecule has 0 radical (unpaired) electrons. The topological polar surface area (TPSA) is 63.8 Å². The van der Waals surface area contributed by atoms with E-state index in [1.54, 1.807) is 0 Å². The van der Waals surface area contributed by atoms with Crippen LogP contribution in [-0.2, 0) is 6.18 Å². The van der Waals surface area contributed by atoms with E-state index in [1.165, 1.54) is 27.6 Å². The second kappa shape index (κ2) is 6.28. The summed E-state index contributed by atoms with van der Waals surface area (Å²) in [6.07, 6.45) is -3.37. The second-order valence-corrected chi connectivity index (χ2v) is 5.70. The van der Waals surface area contributed by atoms with Crippen LogP contribution in [-0.4, -0.2) is 30.9 Å². The third-order valence-electron chi connectivity index (χ3n) is 3.41. The zero-order valence-corrected chi connectivity index (χ0v) is 14.1. The standard InChI is InChI=1S/C15H13F3N6S/c1-9-7-10(2)23(22-9)13-20-21-14(25)24(13)19-8-11-5-3-4-6-12(11)15(16,17)18/h3-8H,1-2H3,(H,21,25)/b19-8-. The van der Waals surface area contributed by atoms with Crippen molar-refractivity contribution in [2.75, 3.05) is 0 Å². The molecule has 2 aromatic heterocycles. The number of halogens is 3. The highest BCUT2D eigenvalue weighted by Gasteiger charge is 2.32. The van der Waals surface area contributed by atoms with Gasteiger partial charge in [0.2, 0.25) is 4.77 Å². The zero-order chi connectivity index (χ0) is 18.2. The molecule has 1 aromatic carbocycles. The fourth-order valence-corrected chi connectivity index (χ4v) is 2.52. The molecule has 2 heterocycles. The van der Waals surface area contributed by atoms with E-state index in [0.717, 1.165) is 23.7 Å². The number of aryl methyl sites for hydroxylation is 2. The summed E-state index contributed by atoms with van der Waals surface area (Å²) in [7, 11) is 0. The number of benzene rings is 1. The van der Waals surface area contributed by atoms with Crippen molar-refractivity contribution in [3.8, 4) is 5.95 Å². The van der Waals surface area contributed by atoms with E-state index in [2.05, 4.69) is 20.4 Å². The van der Waals surface area contributed by atoms with E-state index in [9.17, 15) is 13.2 Å². The van der Waals surface area contributed by atoms with Gasteiger partial charge in [-0.2, -0.15) is 28.0 Å². The smallest absolute Gasteiger partial charge is 0.248 e. The molecule has 0 aliphatic heterocycles. The molecular formula is C15H13F3N6S. The molecule has 25 heavy (non-hydrogen) atoms. The molecule has 3 aromatic rings. The van der Waals surface area contributed by atoms with Gasteiger partial charge in [0.25, 0.3) is 5.95 Å². The van der Waals surface area contributed by atoms with Crippen LogP contribution < -0.4 is 0 Å². The largest absolute Gasteiger partial charge is 0.417 e. The average molecular weight is 366 g/mol. The number of nitrogens with one attached hydrogen (secondary N) is 1. The van der Waals surface area contributed by atoms with Crippen LogP contribution >= 0.6 is 12.2 Å². The molecule has 10 heteroatoms. The van der Waals surface area contributed by atoms with Crippen molar-refractivity contribution in [2.45, 2.75) is 20.0 Å². The summed E-state index contributed by atoms with van der Waals surface area (Å²) < 4.78 is 42.1. The van der Waals surface area contributed by atoms with Crippen LogP contribution in [0.1, 0.15) is 22.5 Å². The van der Waals surface area contributed by atoms with Crippen molar-refractivity contribution in [3.63, 3.8) is 0 Å². The molecule has 0 aliphatic rings. The monoisotopic (exact) mass is 366 g/mol. The first-order chi connectivity index (χ1) is 11.8. The third kappa shape index (κ3) is 3.38. The summed E-state index contributed by atoms with van der Waals surface area (Å²) in [5.41, 5.74) is 0.710. The van der Waals surface area contributed by atoms with Gasteiger partial charge in [0, 0.05) is 11.3 Å². The molecule has 0 saturated heterocycles. The van der Waals surface area contributed by atoms with Crippen LogP contribution in [0.5, 0.6) is 0 Å². The minimum Gasteiger partial charge on any atom is -0.248 e. The molecular weight excluding hydrogens is 353 g/mol. The van der Waals surface area contributed by atoms with Crippen molar-refractivity contribution in [1.29, 1.82) is 0 Å². The van der Waals surface area contributed by atoms with Crippen molar-refractivity contribution in [3.05, 3.63) is 57.6 Å². The fraction of sp³-hybridized carbons (Fsp3) is 0.200. The number of aromatic amines is 1. The molecule has 0 spiro atoms. The number of alkyl halides is 3. The van der Waals surface area contributed by atoms with Gasteiger partial charge in [-0.3, -0.25) is 0 Å². The minimum absolute atomic E-state index is 0.0718. The van der Waals surface area contributed by atoms with Gasteiger partial charge in [-0.25, -0.2) is 9.78 Å². The van der Waals surface area contributed by atoms with Crippen molar-refractivity contribution in [2.24, 2.45) is 5.10 Å². The number of H-pyrrole nitrogens is 1. The van der Waals surface area contributed by atoms with Crippen LogP contribution in [0, 0.1) is 18.6 Å². The van der Waals surface area contributed by atoms with E-state index >= 15 is 0 Å². The molecule has 3 rings (SSSR count). The summed E-state index contributed by atoms with van der Waals surface area (Å²) in [6, 6.07) is 7.00. The quantitative estimate of drug-likeness (QED) is 0.569. The molecule has 0 bridgehead atoms. The number of rotatable bonds is 3. The zero-order valence-electron chi connectivity index (χ0n) is 13.2. The van der Waals surface area contributed by atoms with Crippen molar-refractivity contribution in [1.82, 2.24) is 24.7 Å². The normalized spacial score (nSPS) is 12.2. The maximum Gasteiger partial charge on any atom is 0.417 e. The summed E-state index contributed by atoms with van der Waals surface area (Å²) >= 11 is 5.11. The summed E-state index contributed by atoms with van der Waals surface area (Å²) in [5, 5.41) is 15.0. The van der Waals surface area contributed by atoms with Crippen molar-refractivity contribution >= 4 is 18.4 Å². The summed E-state index contributed by atoms with van der Waals surface area (Å²) in [4.78, 5) is 0. The Morgan fingerprint density at radius 3 is 2.60 bits per heavy atom. The Morgan fingerprint density at radius 2 is 1.96 bits per heavy atom. The van der Waals surface area contributed by atoms with E-state index < -0.39 is 11.7 Å². The van der Waals surface area contributed by atoms with Gasteiger partial charge < -0.3 is 0 Å². The molecule has 0 unspecified atom stereocenters. The Morgan fingerprint density at radius 1 is 1.24 bits per heavy atom. The highest BCUT2D eigenvalue weighted by atomic mass is 32.1. The van der Waals surface area contributed by atoms with Gasteiger partial charge in [-0.1, -0.05) is 18.2 Å². The third-order valence-corrected chi connectivity index (χ3v) is 3.68. The van der Waals surface area contributed by atoms with Gasteiger partial charge in [0.15, 0.2) is 0 Å². The number of aromatic nitrogens is 5. The van der Waals surface area contributed by atoms with Gasteiger partial charge in [-0.05, 0) is 38.2 Å². The highest BCUT2D eigenvalue weighted by molar-refractivity contribution is 7.71. The molecule has 6 nitrogen and oxygen atoms in total. The molecule has 0 amide bonds. The van der Waals surface area contributed by atoms with Gasteiger partial charge in [0.05, 0.1) is 17.5 Å². The molecule has 0 atom stereocenters. The van der Waals surface area contributed by atoms with E-state index in [4.69, 9.17) is 12.2 Å². The minimum atomic E-state index is -4.47. The van der Waals surface area contributed by atoms with Gasteiger partial charge in [0.1, 0.15) is 0 Å². The fourth-order valence-electron chi connectivity index (χ4n) is 2.34.